The molecule has 0 bridgehead atoms. The topological polar surface area (TPSA) is 43.2 Å². The van der Waals surface area contributed by atoms with Gasteiger partial charge in [-0.05, 0) is 43.9 Å². The molecule has 140 valence electrons. The molecule has 2 aliphatic rings. The molecule has 2 aromatic rings. The van der Waals surface area contributed by atoms with E-state index in [0.29, 0.717) is 13.1 Å². The van der Waals surface area contributed by atoms with Crippen molar-refractivity contribution in [1.82, 2.24) is 15.0 Å². The number of rotatable bonds is 5. The van der Waals surface area contributed by atoms with E-state index in [2.05, 4.69) is 10.3 Å². The van der Waals surface area contributed by atoms with Crippen molar-refractivity contribution in [2.45, 2.75) is 45.3 Å². The fourth-order valence-corrected chi connectivity index (χ4v) is 3.69. The predicted octanol–water partition coefficient (Wildman–Crippen LogP) is 3.52. The molecule has 0 spiro atoms. The maximum absolute atomic E-state index is 12.7. The summed E-state index contributed by atoms with van der Waals surface area (Å²) in [5.41, 5.74) is 3.92. The number of aryl methyl sites for hydroxylation is 1. The molecule has 5 nitrogen and oxygen atoms in total. The van der Waals surface area contributed by atoms with Crippen LogP contribution < -0.4 is 4.90 Å². The van der Waals surface area contributed by atoms with Gasteiger partial charge in [0.15, 0.2) is 0 Å². The summed E-state index contributed by atoms with van der Waals surface area (Å²) in [6, 6.07) is 6.03. The second-order valence-electron chi connectivity index (χ2n) is 7.31. The van der Waals surface area contributed by atoms with E-state index in [1.165, 1.54) is 6.42 Å². The van der Waals surface area contributed by atoms with E-state index in [1.54, 1.807) is 0 Å². The number of alkyl halides is 2. The molecule has 2 fully saturated rings. The quantitative estimate of drug-likeness (QED) is 0.816. The van der Waals surface area contributed by atoms with Gasteiger partial charge in [-0.3, -0.25) is 0 Å². The molecule has 0 aliphatic carbocycles. The minimum atomic E-state index is -2.23. The number of benzene rings is 1. The zero-order chi connectivity index (χ0) is 18.1. The second kappa shape index (κ2) is 7.31. The largest absolute Gasteiger partial charge is 0.376 e. The fraction of sp³-hybridized carbons (Fsp3) is 0.579. The normalized spacial score (nSPS) is 21.2. The number of nitrogens with zero attached hydrogens (tertiary/aromatic N) is 4. The van der Waals surface area contributed by atoms with Crippen molar-refractivity contribution in [1.29, 1.82) is 0 Å². The fourth-order valence-electron chi connectivity index (χ4n) is 3.69. The van der Waals surface area contributed by atoms with Crippen molar-refractivity contribution < 1.29 is 13.5 Å². The number of hydrogen-bond donors (Lipinski definition) is 0. The first-order valence-corrected chi connectivity index (χ1v) is 9.26. The minimum Gasteiger partial charge on any atom is -0.376 e. The first-order valence-electron chi connectivity index (χ1n) is 9.26. The van der Waals surface area contributed by atoms with Crippen molar-refractivity contribution in [2.75, 3.05) is 24.6 Å². The lowest BCUT2D eigenvalue weighted by Crippen LogP contribution is -2.50. The van der Waals surface area contributed by atoms with Crippen LogP contribution in [-0.2, 0) is 11.3 Å². The lowest BCUT2D eigenvalue weighted by molar-refractivity contribution is 0.00370. The molecule has 7 heteroatoms. The van der Waals surface area contributed by atoms with Gasteiger partial charge in [0.2, 0.25) is 6.43 Å². The SMILES string of the molecule is Cc1cc(N2CC(C(F)F)C2)ccc1-c1cn(CC2CCCCO2)nn1. The van der Waals surface area contributed by atoms with Gasteiger partial charge in [-0.15, -0.1) is 5.10 Å². The molecule has 0 radical (unpaired) electrons. The Morgan fingerprint density at radius 3 is 2.81 bits per heavy atom. The van der Waals surface area contributed by atoms with Crippen molar-refractivity contribution in [2.24, 2.45) is 5.92 Å². The monoisotopic (exact) mass is 362 g/mol. The summed E-state index contributed by atoms with van der Waals surface area (Å²) in [5.74, 6) is -0.503. The summed E-state index contributed by atoms with van der Waals surface area (Å²) in [6.07, 6.45) is 3.36. The molecule has 0 amide bonds. The molecule has 1 unspecified atom stereocenters. The smallest absolute Gasteiger partial charge is 0.244 e. The summed E-state index contributed by atoms with van der Waals surface area (Å²) < 4.78 is 32.9. The predicted molar refractivity (Wildman–Crippen MR) is 95.5 cm³/mol. The number of anilines is 1. The highest BCUT2D eigenvalue weighted by Gasteiger charge is 2.34. The van der Waals surface area contributed by atoms with Crippen LogP contribution in [0.2, 0.25) is 0 Å². The Balaban J connectivity index is 1.43. The zero-order valence-electron chi connectivity index (χ0n) is 14.9. The van der Waals surface area contributed by atoms with Gasteiger partial charge in [0, 0.05) is 30.9 Å². The van der Waals surface area contributed by atoms with Gasteiger partial charge in [-0.25, -0.2) is 13.5 Å². The number of halogens is 2. The van der Waals surface area contributed by atoms with E-state index >= 15 is 0 Å². The molecule has 0 N–H and O–H groups in total. The Morgan fingerprint density at radius 2 is 2.12 bits per heavy atom. The number of ether oxygens (including phenoxy) is 1. The van der Waals surface area contributed by atoms with Gasteiger partial charge >= 0.3 is 0 Å². The van der Waals surface area contributed by atoms with Crippen LogP contribution in [0.4, 0.5) is 14.5 Å². The Labute approximate surface area is 151 Å². The Hall–Kier alpha value is -2.02. The summed E-state index contributed by atoms with van der Waals surface area (Å²) in [5, 5.41) is 8.54. The van der Waals surface area contributed by atoms with Gasteiger partial charge in [0.25, 0.3) is 0 Å². The van der Waals surface area contributed by atoms with Crippen molar-refractivity contribution in [3.05, 3.63) is 30.0 Å². The van der Waals surface area contributed by atoms with E-state index in [0.717, 1.165) is 48.5 Å². The highest BCUT2D eigenvalue weighted by Crippen LogP contribution is 2.32. The van der Waals surface area contributed by atoms with E-state index in [4.69, 9.17) is 4.74 Å². The number of aromatic nitrogens is 3. The standard InChI is InChI=1S/C19H24F2N4O/c1-13-8-15(24-9-14(10-24)19(20)21)5-6-17(13)18-12-25(23-22-18)11-16-4-2-3-7-26-16/h5-6,8,12,14,16,19H,2-4,7,9-11H2,1H3. The molecule has 26 heavy (non-hydrogen) atoms. The molecule has 0 saturated carbocycles. The van der Waals surface area contributed by atoms with E-state index in [-0.39, 0.29) is 6.10 Å². The molecule has 3 heterocycles. The summed E-state index contributed by atoms with van der Waals surface area (Å²) in [7, 11) is 0. The molecular formula is C19H24F2N4O. The molecule has 2 saturated heterocycles. The van der Waals surface area contributed by atoms with Crippen LogP contribution in [0, 0.1) is 12.8 Å². The van der Waals surface area contributed by atoms with Crippen LogP contribution in [0.15, 0.2) is 24.4 Å². The first kappa shape index (κ1) is 17.4. The first-order chi connectivity index (χ1) is 12.6. The molecule has 2 aliphatic heterocycles. The van der Waals surface area contributed by atoms with E-state index in [1.807, 2.05) is 40.9 Å². The van der Waals surface area contributed by atoms with Crippen LogP contribution in [-0.4, -0.2) is 47.2 Å². The number of hydrogen-bond acceptors (Lipinski definition) is 4. The van der Waals surface area contributed by atoms with E-state index in [9.17, 15) is 8.78 Å². The van der Waals surface area contributed by atoms with Crippen LogP contribution >= 0.6 is 0 Å². The van der Waals surface area contributed by atoms with Gasteiger partial charge < -0.3 is 9.64 Å². The highest BCUT2D eigenvalue weighted by molar-refractivity contribution is 5.67. The maximum Gasteiger partial charge on any atom is 0.244 e. The molecule has 1 aromatic carbocycles. The third kappa shape index (κ3) is 3.58. The average Bonchev–Trinajstić information content (AvgIpc) is 3.02. The third-order valence-electron chi connectivity index (χ3n) is 5.32. The minimum absolute atomic E-state index is 0.218. The summed E-state index contributed by atoms with van der Waals surface area (Å²) in [4.78, 5) is 1.99. The van der Waals surface area contributed by atoms with Crippen LogP contribution in [0.5, 0.6) is 0 Å². The van der Waals surface area contributed by atoms with Crippen LogP contribution in [0.3, 0.4) is 0 Å². The lowest BCUT2D eigenvalue weighted by Gasteiger charge is -2.40. The van der Waals surface area contributed by atoms with Gasteiger partial charge in [-0.2, -0.15) is 0 Å². The van der Waals surface area contributed by atoms with Crippen molar-refractivity contribution in [3.8, 4) is 11.3 Å². The molecule has 1 atom stereocenters. The second-order valence-corrected chi connectivity index (χ2v) is 7.31. The third-order valence-corrected chi connectivity index (χ3v) is 5.32. The van der Waals surface area contributed by atoms with Crippen molar-refractivity contribution >= 4 is 5.69 Å². The van der Waals surface area contributed by atoms with Crippen LogP contribution in [0.1, 0.15) is 24.8 Å². The highest BCUT2D eigenvalue weighted by atomic mass is 19.3. The molecule has 1 aromatic heterocycles. The van der Waals surface area contributed by atoms with Gasteiger partial charge in [0.05, 0.1) is 24.8 Å². The Bertz CT molecular complexity index is 752. The van der Waals surface area contributed by atoms with Crippen LogP contribution in [0.25, 0.3) is 11.3 Å². The summed E-state index contributed by atoms with van der Waals surface area (Å²) >= 11 is 0. The maximum atomic E-state index is 12.7. The molecular weight excluding hydrogens is 338 g/mol. The molecule has 4 rings (SSSR count). The Morgan fingerprint density at radius 1 is 1.27 bits per heavy atom. The van der Waals surface area contributed by atoms with Gasteiger partial charge in [0.1, 0.15) is 5.69 Å². The lowest BCUT2D eigenvalue weighted by atomic mass is 9.98. The summed E-state index contributed by atoms with van der Waals surface area (Å²) in [6.45, 7) is 4.43. The zero-order valence-corrected chi connectivity index (χ0v) is 14.9. The van der Waals surface area contributed by atoms with Gasteiger partial charge in [-0.1, -0.05) is 11.3 Å². The Kier molecular flexibility index (Phi) is 4.89. The van der Waals surface area contributed by atoms with Crippen molar-refractivity contribution in [3.63, 3.8) is 0 Å². The average molecular weight is 362 g/mol. The van der Waals surface area contributed by atoms with E-state index < -0.39 is 12.3 Å².